The molecule has 0 spiro atoms. The van der Waals surface area contributed by atoms with Gasteiger partial charge in [-0.2, -0.15) is 0 Å². The number of amides is 3. The summed E-state index contributed by atoms with van der Waals surface area (Å²) in [7, 11) is 1.57. The van der Waals surface area contributed by atoms with Crippen LogP contribution in [0.25, 0.3) is 0 Å². The topological polar surface area (TPSA) is 70.7 Å². The van der Waals surface area contributed by atoms with Gasteiger partial charge < -0.3 is 20.3 Å². The van der Waals surface area contributed by atoms with Gasteiger partial charge in [-0.15, -0.1) is 0 Å². The van der Waals surface area contributed by atoms with Crippen LogP contribution in [0.5, 0.6) is 0 Å². The molecule has 0 rings (SSSR count). The monoisotopic (exact) mass is 259 g/mol. The number of hydrogen-bond acceptors (Lipinski definition) is 3. The molecule has 0 aromatic heterocycles. The Morgan fingerprint density at radius 1 is 1.17 bits per heavy atom. The summed E-state index contributed by atoms with van der Waals surface area (Å²) in [6.07, 6.45) is 0. The average Bonchev–Trinajstić information content (AvgIpc) is 2.30. The number of hydrogen-bond donors (Lipinski definition) is 2. The number of nitrogens with one attached hydrogen (secondary N) is 2. The maximum Gasteiger partial charge on any atom is 0.315 e. The fraction of sp³-hybridized carbons (Fsp3) is 0.833. The molecule has 2 N–H and O–H groups in total. The van der Waals surface area contributed by atoms with Crippen LogP contribution in [0.1, 0.15) is 27.7 Å². The van der Waals surface area contributed by atoms with E-state index in [-0.39, 0.29) is 18.0 Å². The van der Waals surface area contributed by atoms with Gasteiger partial charge >= 0.3 is 6.03 Å². The zero-order valence-corrected chi connectivity index (χ0v) is 11.9. The maximum atomic E-state index is 11.9. The summed E-state index contributed by atoms with van der Waals surface area (Å²) < 4.78 is 4.91. The number of likely N-dealkylation sites (N-methyl/N-ethyl adjacent to an activating group) is 1. The number of carbonyl (C=O) groups excluding carboxylic acids is 2. The lowest BCUT2D eigenvalue weighted by atomic mass is 10.3. The predicted octanol–water partition coefficient (Wildman–Crippen LogP) is 0.577. The van der Waals surface area contributed by atoms with E-state index in [2.05, 4.69) is 10.6 Å². The zero-order chi connectivity index (χ0) is 14.1. The van der Waals surface area contributed by atoms with Crippen LogP contribution in [0.15, 0.2) is 0 Å². The lowest BCUT2D eigenvalue weighted by Gasteiger charge is -2.24. The zero-order valence-electron chi connectivity index (χ0n) is 11.9. The molecule has 0 unspecified atom stereocenters. The molecular formula is C12H25N3O3. The Labute approximate surface area is 109 Å². The van der Waals surface area contributed by atoms with Crippen molar-refractivity contribution in [3.63, 3.8) is 0 Å². The second-order valence-corrected chi connectivity index (χ2v) is 4.21. The lowest BCUT2D eigenvalue weighted by molar-refractivity contribution is -0.132. The smallest absolute Gasteiger partial charge is 0.315 e. The highest BCUT2D eigenvalue weighted by atomic mass is 16.5. The number of methoxy groups -OCH3 is 1. The first kappa shape index (κ1) is 16.7. The van der Waals surface area contributed by atoms with Crippen molar-refractivity contribution in [2.75, 3.05) is 26.8 Å². The molecule has 0 aliphatic carbocycles. The van der Waals surface area contributed by atoms with Crippen LogP contribution >= 0.6 is 0 Å². The molecule has 0 aliphatic heterocycles. The van der Waals surface area contributed by atoms with E-state index in [1.807, 2.05) is 20.8 Å². The van der Waals surface area contributed by atoms with E-state index < -0.39 is 6.04 Å². The fourth-order valence-corrected chi connectivity index (χ4v) is 1.62. The Morgan fingerprint density at radius 3 is 2.17 bits per heavy atom. The number of carbonyl (C=O) groups is 2. The van der Waals surface area contributed by atoms with Crippen molar-refractivity contribution < 1.29 is 14.3 Å². The summed E-state index contributed by atoms with van der Waals surface area (Å²) in [6.45, 7) is 9.06. The van der Waals surface area contributed by atoms with E-state index in [4.69, 9.17) is 4.74 Å². The van der Waals surface area contributed by atoms with Gasteiger partial charge in [0.1, 0.15) is 6.04 Å². The van der Waals surface area contributed by atoms with E-state index in [0.29, 0.717) is 19.7 Å². The minimum absolute atomic E-state index is 0.0745. The molecule has 6 heteroatoms. The van der Waals surface area contributed by atoms with Crippen molar-refractivity contribution in [3.05, 3.63) is 0 Å². The number of urea groups is 1. The first-order valence-corrected chi connectivity index (χ1v) is 6.30. The van der Waals surface area contributed by atoms with Gasteiger partial charge in [-0.25, -0.2) is 4.79 Å². The minimum atomic E-state index is -0.528. The van der Waals surface area contributed by atoms with Crippen LogP contribution in [0, 0.1) is 0 Å². The standard InChI is InChI=1S/C12H25N3O3/c1-6-15(7-2)11(16)10(4)14-12(17)13-9(3)8-18-5/h9-10H,6-8H2,1-5H3,(H2,13,14,17)/t9-,10+/m0/s1. The van der Waals surface area contributed by atoms with Crippen LogP contribution < -0.4 is 10.6 Å². The van der Waals surface area contributed by atoms with E-state index in [1.165, 1.54) is 0 Å². The number of ether oxygens (including phenoxy) is 1. The molecule has 6 nitrogen and oxygen atoms in total. The third-order valence-corrected chi connectivity index (χ3v) is 2.59. The van der Waals surface area contributed by atoms with E-state index in [0.717, 1.165) is 0 Å². The van der Waals surface area contributed by atoms with Gasteiger partial charge in [0.05, 0.1) is 12.6 Å². The second-order valence-electron chi connectivity index (χ2n) is 4.21. The SMILES string of the molecule is CCN(CC)C(=O)[C@@H](C)NC(=O)N[C@@H](C)COC. The van der Waals surface area contributed by atoms with Gasteiger partial charge in [0.15, 0.2) is 0 Å². The highest BCUT2D eigenvalue weighted by Crippen LogP contribution is 1.95. The van der Waals surface area contributed by atoms with Gasteiger partial charge in [0.25, 0.3) is 0 Å². The van der Waals surface area contributed by atoms with E-state index in [9.17, 15) is 9.59 Å². The minimum Gasteiger partial charge on any atom is -0.383 e. The van der Waals surface area contributed by atoms with Crippen molar-refractivity contribution in [1.82, 2.24) is 15.5 Å². The summed E-state index contributed by atoms with van der Waals surface area (Å²) in [5.41, 5.74) is 0. The molecule has 0 heterocycles. The summed E-state index contributed by atoms with van der Waals surface area (Å²) in [4.78, 5) is 25.2. The van der Waals surface area contributed by atoms with Gasteiger partial charge in [-0.1, -0.05) is 0 Å². The third kappa shape index (κ3) is 5.86. The third-order valence-electron chi connectivity index (χ3n) is 2.59. The fourth-order valence-electron chi connectivity index (χ4n) is 1.62. The summed E-state index contributed by atoms with van der Waals surface area (Å²) >= 11 is 0. The van der Waals surface area contributed by atoms with Crippen LogP contribution in [0.4, 0.5) is 4.79 Å². The van der Waals surface area contributed by atoms with Crippen LogP contribution in [-0.4, -0.2) is 55.7 Å². The molecule has 18 heavy (non-hydrogen) atoms. The van der Waals surface area contributed by atoms with Crippen LogP contribution in [-0.2, 0) is 9.53 Å². The Morgan fingerprint density at radius 2 is 1.72 bits per heavy atom. The first-order valence-electron chi connectivity index (χ1n) is 6.30. The lowest BCUT2D eigenvalue weighted by Crippen LogP contribution is -2.51. The summed E-state index contributed by atoms with van der Waals surface area (Å²) in [6, 6.07) is -0.974. The molecule has 3 amide bonds. The average molecular weight is 259 g/mol. The van der Waals surface area contributed by atoms with Crippen molar-refractivity contribution >= 4 is 11.9 Å². The van der Waals surface area contributed by atoms with Gasteiger partial charge in [-0.05, 0) is 27.7 Å². The molecule has 0 aliphatic rings. The van der Waals surface area contributed by atoms with Gasteiger partial charge in [0.2, 0.25) is 5.91 Å². The van der Waals surface area contributed by atoms with Gasteiger partial charge in [0, 0.05) is 20.2 Å². The molecule has 0 radical (unpaired) electrons. The first-order chi connectivity index (χ1) is 8.46. The Kier molecular flexibility index (Phi) is 8.11. The summed E-state index contributed by atoms with van der Waals surface area (Å²) in [5, 5.41) is 5.32. The Bertz CT molecular complexity index is 267. The van der Waals surface area contributed by atoms with Crippen molar-refractivity contribution in [2.24, 2.45) is 0 Å². The van der Waals surface area contributed by atoms with Crippen LogP contribution in [0.3, 0.4) is 0 Å². The largest absolute Gasteiger partial charge is 0.383 e. The highest BCUT2D eigenvalue weighted by molar-refractivity contribution is 5.86. The molecule has 0 fully saturated rings. The normalized spacial score (nSPS) is 13.6. The molecule has 0 saturated carbocycles. The molecule has 0 aromatic rings. The number of rotatable bonds is 7. The van der Waals surface area contributed by atoms with Gasteiger partial charge in [-0.3, -0.25) is 4.79 Å². The van der Waals surface area contributed by atoms with E-state index >= 15 is 0 Å². The quantitative estimate of drug-likeness (QED) is 0.702. The van der Waals surface area contributed by atoms with Crippen molar-refractivity contribution in [3.8, 4) is 0 Å². The molecule has 0 saturated heterocycles. The maximum absolute atomic E-state index is 11.9. The number of nitrogens with zero attached hydrogens (tertiary/aromatic N) is 1. The summed E-state index contributed by atoms with van der Waals surface area (Å²) in [5.74, 6) is -0.0745. The van der Waals surface area contributed by atoms with Crippen LogP contribution in [0.2, 0.25) is 0 Å². The predicted molar refractivity (Wildman–Crippen MR) is 70.4 cm³/mol. The Balaban J connectivity index is 4.18. The molecule has 2 atom stereocenters. The molecule has 0 bridgehead atoms. The van der Waals surface area contributed by atoms with Crippen molar-refractivity contribution in [1.29, 1.82) is 0 Å². The van der Waals surface area contributed by atoms with E-state index in [1.54, 1.807) is 18.9 Å². The second kappa shape index (κ2) is 8.74. The highest BCUT2D eigenvalue weighted by Gasteiger charge is 2.20. The molecular weight excluding hydrogens is 234 g/mol. The van der Waals surface area contributed by atoms with Crippen molar-refractivity contribution in [2.45, 2.75) is 39.8 Å². The Hall–Kier alpha value is -1.30. The molecule has 0 aromatic carbocycles. The molecule has 106 valence electrons.